The number of alkyl halides is 4. The van der Waals surface area contributed by atoms with Crippen molar-refractivity contribution in [3.05, 3.63) is 35.4 Å². The van der Waals surface area contributed by atoms with Crippen LogP contribution in [0.1, 0.15) is 16.7 Å². The van der Waals surface area contributed by atoms with Gasteiger partial charge in [0.1, 0.15) is 0 Å². The van der Waals surface area contributed by atoms with Crippen molar-refractivity contribution in [1.82, 2.24) is 0 Å². The first-order valence-electron chi connectivity index (χ1n) is 3.95. The first kappa shape index (κ1) is 13.4. The highest BCUT2D eigenvalue weighted by Gasteiger charge is 2.32. The van der Waals surface area contributed by atoms with Gasteiger partial charge >= 0.3 is 14.4 Å². The maximum atomic E-state index is 12.3. The van der Waals surface area contributed by atoms with Crippen molar-refractivity contribution in [2.45, 2.75) is 11.7 Å². The highest BCUT2D eigenvalue weighted by Crippen LogP contribution is 2.35. The van der Waals surface area contributed by atoms with E-state index < -0.39 is 25.6 Å². The molecule has 1 N–H and O–H groups in total. The Bertz CT molecular complexity index is 396. The molecule has 2 atom stereocenters. The van der Waals surface area contributed by atoms with Gasteiger partial charge in [-0.25, -0.2) is 0 Å². The van der Waals surface area contributed by atoms with Crippen molar-refractivity contribution in [3.8, 4) is 0 Å². The second-order valence-corrected chi connectivity index (χ2v) is 3.87. The zero-order valence-electron chi connectivity index (χ0n) is 7.61. The van der Waals surface area contributed by atoms with Gasteiger partial charge in [0.25, 0.3) is 0 Å². The average molecular weight is 274 g/mol. The largest absolute Gasteiger partial charge is 0.696 e. The van der Waals surface area contributed by atoms with Crippen molar-refractivity contribution < 1.29 is 27.2 Å². The lowest BCUT2D eigenvalue weighted by molar-refractivity contribution is -0.137. The molecule has 0 fully saturated rings. The second-order valence-electron chi connectivity index (χ2n) is 2.78. The Morgan fingerprint density at radius 3 is 2.56 bits per heavy atom. The Balaban J connectivity index is 2.94. The Labute approximate surface area is 94.7 Å². The summed E-state index contributed by atoms with van der Waals surface area (Å²) in [6.07, 6.45) is -4.49. The summed E-state index contributed by atoms with van der Waals surface area (Å²) in [4.78, 5) is 8.39. The smallest absolute Gasteiger partial charge is 0.166 e. The summed E-state index contributed by atoms with van der Waals surface area (Å²) in [6, 6.07) is 4.04. The molecule has 8 heteroatoms. The number of benzene rings is 1. The van der Waals surface area contributed by atoms with Crippen LogP contribution in [0.3, 0.4) is 0 Å². The van der Waals surface area contributed by atoms with E-state index in [0.717, 1.165) is 18.2 Å². The van der Waals surface area contributed by atoms with Crippen LogP contribution in [0.15, 0.2) is 24.3 Å². The van der Waals surface area contributed by atoms with E-state index in [4.69, 9.17) is 16.5 Å². The van der Waals surface area contributed by atoms with E-state index in [9.17, 15) is 17.7 Å². The highest BCUT2D eigenvalue weighted by molar-refractivity contribution is 7.32. The zero-order chi connectivity index (χ0) is 12.3. The summed E-state index contributed by atoms with van der Waals surface area (Å²) >= 11 is 5.49. The Kier molecular flexibility index (Phi) is 4.27. The molecule has 3 nitrogen and oxygen atoms in total. The van der Waals surface area contributed by atoms with E-state index in [1.54, 1.807) is 0 Å². The van der Waals surface area contributed by atoms with E-state index in [1.165, 1.54) is 6.07 Å². The van der Waals surface area contributed by atoms with Gasteiger partial charge in [-0.3, -0.25) is 0 Å². The highest BCUT2D eigenvalue weighted by atomic mass is 35.5. The summed E-state index contributed by atoms with van der Waals surface area (Å²) < 4.78 is 51.5. The monoisotopic (exact) mass is 273 g/mol. The lowest BCUT2D eigenvalue weighted by Gasteiger charge is -2.08. The van der Waals surface area contributed by atoms with Crippen molar-refractivity contribution in [3.63, 3.8) is 0 Å². The van der Waals surface area contributed by atoms with Gasteiger partial charge < -0.3 is 0 Å². The Morgan fingerprint density at radius 1 is 1.44 bits per heavy atom. The van der Waals surface area contributed by atoms with Gasteiger partial charge in [-0.2, -0.15) is 13.2 Å². The van der Waals surface area contributed by atoms with E-state index in [2.05, 4.69) is 4.52 Å². The molecule has 0 bridgehead atoms. The van der Waals surface area contributed by atoms with Gasteiger partial charge in [-0.05, 0) is 12.1 Å². The van der Waals surface area contributed by atoms with Gasteiger partial charge in [-0.1, -0.05) is 28.3 Å². The van der Waals surface area contributed by atoms with Crippen LogP contribution in [0.5, 0.6) is 0 Å². The fraction of sp³-hybridized carbons (Fsp3) is 0.250. The molecule has 16 heavy (non-hydrogen) atoms. The van der Waals surface area contributed by atoms with Crippen LogP contribution in [0.25, 0.3) is 0 Å². The van der Waals surface area contributed by atoms with Crippen LogP contribution in [-0.4, -0.2) is 4.89 Å². The molecule has 1 aromatic rings. The quantitative estimate of drug-likeness (QED) is 0.676. The van der Waals surface area contributed by atoms with Gasteiger partial charge in [-0.15, -0.1) is 4.89 Å². The fourth-order valence-electron chi connectivity index (χ4n) is 0.996. The van der Waals surface area contributed by atoms with Crippen LogP contribution >= 0.6 is 19.9 Å². The second kappa shape index (κ2) is 5.10. The Morgan fingerprint density at radius 2 is 2.06 bits per heavy atom. The van der Waals surface area contributed by atoms with Crippen LogP contribution in [-0.2, 0) is 15.3 Å². The van der Waals surface area contributed by atoms with Gasteiger partial charge in [0.05, 0.1) is 5.56 Å². The third kappa shape index (κ3) is 3.72. The van der Waals surface area contributed by atoms with E-state index in [0.29, 0.717) is 0 Å². The minimum Gasteiger partial charge on any atom is -0.166 e. The minimum absolute atomic E-state index is 0.0334. The molecule has 0 spiro atoms. The fourth-order valence-corrected chi connectivity index (χ4v) is 1.62. The molecule has 0 amide bonds. The molecule has 0 radical (unpaired) electrons. The molecule has 0 aromatic heterocycles. The number of hydrogen-bond donors (Lipinski definition) is 1. The molecule has 0 saturated carbocycles. The van der Waals surface area contributed by atoms with Crippen LogP contribution in [0.4, 0.5) is 13.2 Å². The predicted octanol–water partition coefficient (Wildman–Crippen LogP) is 3.61. The summed E-state index contributed by atoms with van der Waals surface area (Å²) in [7, 11) is -2.96. The number of hydrogen-bond acceptors (Lipinski definition) is 2. The van der Waals surface area contributed by atoms with Crippen LogP contribution < -0.4 is 0 Å². The molecule has 1 aromatic carbocycles. The summed E-state index contributed by atoms with van der Waals surface area (Å²) in [5.74, 6) is 0. The zero-order valence-corrected chi connectivity index (χ0v) is 9.26. The van der Waals surface area contributed by atoms with Gasteiger partial charge in [0.2, 0.25) is 5.56 Å². The normalized spacial score (nSPS) is 14.7. The van der Waals surface area contributed by atoms with Crippen molar-refractivity contribution >= 4 is 19.9 Å². The van der Waals surface area contributed by atoms with Crippen LogP contribution in [0.2, 0.25) is 0 Å². The first-order valence-corrected chi connectivity index (χ1v) is 5.51. The van der Waals surface area contributed by atoms with Gasteiger partial charge in [0, 0.05) is 10.1 Å². The molecule has 0 saturated heterocycles. The SMILES string of the molecule is O=[P+](O)OC(Cl)c1cccc(C(F)(F)F)c1. The standard InChI is InChI=1S/C8H5ClF3O3P/c9-7(15-16(13)14)5-2-1-3-6(4-5)8(10,11)12/h1-4,7H/p+1. The maximum Gasteiger partial charge on any atom is 0.696 e. The van der Waals surface area contributed by atoms with E-state index >= 15 is 0 Å². The van der Waals surface area contributed by atoms with Crippen molar-refractivity contribution in [2.75, 3.05) is 0 Å². The maximum absolute atomic E-state index is 12.3. The molecular formula is C8H6ClF3O3P+. The molecule has 1 rings (SSSR count). The first-order chi connectivity index (χ1) is 7.30. The van der Waals surface area contributed by atoms with Crippen LogP contribution in [0, 0.1) is 0 Å². The molecule has 2 unspecified atom stereocenters. The molecule has 0 aliphatic carbocycles. The molecule has 0 aliphatic heterocycles. The predicted molar refractivity (Wildman–Crippen MR) is 50.9 cm³/mol. The molecule has 0 aliphatic rings. The van der Waals surface area contributed by atoms with Crippen molar-refractivity contribution in [1.29, 1.82) is 0 Å². The lowest BCUT2D eigenvalue weighted by Crippen LogP contribution is -2.05. The summed E-state index contributed by atoms with van der Waals surface area (Å²) in [5.41, 5.74) is -2.32. The summed E-state index contributed by atoms with van der Waals surface area (Å²) in [5, 5.41) is 0. The lowest BCUT2D eigenvalue weighted by atomic mass is 10.1. The molecule has 88 valence electrons. The number of halogens is 4. The third-order valence-corrected chi connectivity index (χ3v) is 2.52. The van der Waals surface area contributed by atoms with E-state index in [-0.39, 0.29) is 5.56 Å². The van der Waals surface area contributed by atoms with Crippen molar-refractivity contribution in [2.24, 2.45) is 0 Å². The molecular weight excluding hydrogens is 268 g/mol. The molecule has 0 heterocycles. The summed E-state index contributed by atoms with van der Waals surface area (Å²) in [6.45, 7) is 0. The van der Waals surface area contributed by atoms with Gasteiger partial charge in [0.15, 0.2) is 0 Å². The Hall–Kier alpha value is -0.680. The third-order valence-electron chi connectivity index (χ3n) is 1.66. The average Bonchev–Trinajstić information content (AvgIpc) is 2.15. The minimum atomic E-state index is -4.49. The van der Waals surface area contributed by atoms with E-state index in [1.807, 2.05) is 0 Å². The topological polar surface area (TPSA) is 46.5 Å². The number of rotatable bonds is 3.